The van der Waals surface area contributed by atoms with Crippen molar-refractivity contribution in [2.45, 2.75) is 18.4 Å². The summed E-state index contributed by atoms with van der Waals surface area (Å²) in [5.41, 5.74) is 1.17. The van der Waals surface area contributed by atoms with E-state index in [2.05, 4.69) is 5.32 Å². The van der Waals surface area contributed by atoms with Crippen LogP contribution in [0.5, 0.6) is 0 Å². The Hall–Kier alpha value is -1.87. The Labute approximate surface area is 121 Å². The number of rotatable bonds is 3. The average Bonchev–Trinajstić information content (AvgIpc) is 3.21. The molecule has 102 valence electrons. The maximum atomic E-state index is 13.0. The van der Waals surface area contributed by atoms with Gasteiger partial charge in [0.1, 0.15) is 5.82 Å². The summed E-state index contributed by atoms with van der Waals surface area (Å²) in [6, 6.07) is 13.1. The first-order valence-electron chi connectivity index (χ1n) is 6.43. The second-order valence-corrected chi connectivity index (χ2v) is 5.49. The highest BCUT2D eigenvalue weighted by Gasteiger charge is 2.45. The van der Waals surface area contributed by atoms with Crippen LogP contribution >= 0.6 is 11.6 Å². The molecule has 0 bridgehead atoms. The van der Waals surface area contributed by atoms with E-state index in [9.17, 15) is 9.18 Å². The van der Waals surface area contributed by atoms with Crippen molar-refractivity contribution in [3.05, 3.63) is 70.5 Å². The third kappa shape index (κ3) is 2.54. The van der Waals surface area contributed by atoms with Gasteiger partial charge < -0.3 is 5.32 Å². The molecule has 4 heteroatoms. The lowest BCUT2D eigenvalue weighted by Crippen LogP contribution is -2.34. The van der Waals surface area contributed by atoms with E-state index in [1.54, 1.807) is 36.4 Å². The molecule has 1 saturated carbocycles. The lowest BCUT2D eigenvalue weighted by Gasteiger charge is -2.18. The molecule has 0 heterocycles. The van der Waals surface area contributed by atoms with Crippen molar-refractivity contribution < 1.29 is 9.18 Å². The van der Waals surface area contributed by atoms with Gasteiger partial charge in [-0.2, -0.15) is 0 Å². The molecule has 0 radical (unpaired) electrons. The summed E-state index contributed by atoms with van der Waals surface area (Å²) in [4.78, 5) is 12.2. The molecule has 0 aromatic heterocycles. The first-order chi connectivity index (χ1) is 9.59. The molecular weight excluding hydrogens is 277 g/mol. The zero-order chi connectivity index (χ0) is 14.2. The van der Waals surface area contributed by atoms with Crippen molar-refractivity contribution in [1.82, 2.24) is 5.32 Å². The third-order valence-electron chi connectivity index (χ3n) is 3.61. The molecule has 0 spiro atoms. The molecule has 1 aliphatic rings. The highest BCUT2D eigenvalue weighted by Crippen LogP contribution is 2.45. The molecule has 1 N–H and O–H groups in total. The van der Waals surface area contributed by atoms with E-state index >= 15 is 0 Å². The van der Waals surface area contributed by atoms with Gasteiger partial charge in [-0.15, -0.1) is 0 Å². The van der Waals surface area contributed by atoms with Gasteiger partial charge in [0.15, 0.2) is 0 Å². The molecule has 0 aliphatic heterocycles. The molecule has 2 nitrogen and oxygen atoms in total. The molecule has 2 aromatic rings. The lowest BCUT2D eigenvalue weighted by atomic mass is 10.0. The predicted molar refractivity (Wildman–Crippen MR) is 76.2 cm³/mol. The molecule has 0 atom stereocenters. The molecule has 1 amide bonds. The Kier molecular flexibility index (Phi) is 3.22. The number of halogens is 2. The first kappa shape index (κ1) is 13.1. The van der Waals surface area contributed by atoms with Gasteiger partial charge in [-0.05, 0) is 54.8 Å². The van der Waals surface area contributed by atoms with E-state index in [1.165, 1.54) is 12.1 Å². The van der Waals surface area contributed by atoms with Crippen molar-refractivity contribution >= 4 is 17.5 Å². The Morgan fingerprint density at radius 1 is 1.05 bits per heavy atom. The van der Waals surface area contributed by atoms with Gasteiger partial charge in [-0.25, -0.2) is 4.39 Å². The topological polar surface area (TPSA) is 29.1 Å². The fraction of sp³-hybridized carbons (Fsp3) is 0.188. The van der Waals surface area contributed by atoms with Crippen LogP contribution in [0.15, 0.2) is 48.5 Å². The maximum absolute atomic E-state index is 13.0. The maximum Gasteiger partial charge on any atom is 0.251 e. The van der Waals surface area contributed by atoms with Crippen LogP contribution in [0.4, 0.5) is 4.39 Å². The Morgan fingerprint density at radius 2 is 1.65 bits per heavy atom. The Morgan fingerprint density at radius 3 is 2.20 bits per heavy atom. The summed E-state index contributed by atoms with van der Waals surface area (Å²) >= 11 is 5.81. The molecule has 20 heavy (non-hydrogen) atoms. The molecule has 1 fully saturated rings. The van der Waals surface area contributed by atoms with Gasteiger partial charge in [-0.3, -0.25) is 4.79 Å². The standard InChI is InChI=1S/C16H13ClFNO/c17-13-5-1-11(2-6-13)15(20)19-16(9-10-16)12-3-7-14(18)8-4-12/h1-8H,9-10H2,(H,19,20). The number of carbonyl (C=O) groups is 1. The summed E-state index contributed by atoms with van der Waals surface area (Å²) < 4.78 is 13.0. The van der Waals surface area contributed by atoms with Gasteiger partial charge in [0.2, 0.25) is 0 Å². The van der Waals surface area contributed by atoms with Crippen LogP contribution < -0.4 is 5.32 Å². The summed E-state index contributed by atoms with van der Waals surface area (Å²) in [6.45, 7) is 0. The van der Waals surface area contributed by atoms with Crippen LogP contribution in [0.1, 0.15) is 28.8 Å². The smallest absolute Gasteiger partial charge is 0.251 e. The number of hydrogen-bond acceptors (Lipinski definition) is 1. The number of nitrogens with one attached hydrogen (secondary N) is 1. The second kappa shape index (κ2) is 4.91. The van der Waals surface area contributed by atoms with Crippen LogP contribution in [-0.4, -0.2) is 5.91 Å². The zero-order valence-corrected chi connectivity index (χ0v) is 11.5. The van der Waals surface area contributed by atoms with Gasteiger partial charge in [-0.1, -0.05) is 23.7 Å². The summed E-state index contributed by atoms with van der Waals surface area (Å²) in [7, 11) is 0. The average molecular weight is 290 g/mol. The SMILES string of the molecule is O=C(NC1(c2ccc(F)cc2)CC1)c1ccc(Cl)cc1. The molecule has 2 aromatic carbocycles. The molecule has 1 aliphatic carbocycles. The quantitative estimate of drug-likeness (QED) is 0.912. The molecule has 0 unspecified atom stereocenters. The molecule has 3 rings (SSSR count). The van der Waals surface area contributed by atoms with Gasteiger partial charge in [0.25, 0.3) is 5.91 Å². The highest BCUT2D eigenvalue weighted by atomic mass is 35.5. The van der Waals surface area contributed by atoms with E-state index in [1.807, 2.05) is 0 Å². The monoisotopic (exact) mass is 289 g/mol. The van der Waals surface area contributed by atoms with Gasteiger partial charge in [0, 0.05) is 10.6 Å². The number of amides is 1. The Bertz CT molecular complexity index is 633. The number of benzene rings is 2. The van der Waals surface area contributed by atoms with Crippen molar-refractivity contribution in [2.75, 3.05) is 0 Å². The zero-order valence-electron chi connectivity index (χ0n) is 10.7. The minimum Gasteiger partial charge on any atom is -0.343 e. The third-order valence-corrected chi connectivity index (χ3v) is 3.86. The predicted octanol–water partition coefficient (Wildman–Crippen LogP) is 3.90. The Balaban J connectivity index is 1.78. The van der Waals surface area contributed by atoms with E-state index in [4.69, 9.17) is 11.6 Å². The van der Waals surface area contributed by atoms with Crippen molar-refractivity contribution in [3.8, 4) is 0 Å². The van der Waals surface area contributed by atoms with E-state index in [-0.39, 0.29) is 17.3 Å². The van der Waals surface area contributed by atoms with Crippen molar-refractivity contribution in [3.63, 3.8) is 0 Å². The molecular formula is C16H13ClFNO. The van der Waals surface area contributed by atoms with Crippen LogP contribution in [0.3, 0.4) is 0 Å². The minimum absolute atomic E-state index is 0.136. The second-order valence-electron chi connectivity index (χ2n) is 5.05. The van der Waals surface area contributed by atoms with Gasteiger partial charge in [0.05, 0.1) is 5.54 Å². The summed E-state index contributed by atoms with van der Waals surface area (Å²) in [5.74, 6) is -0.405. The highest BCUT2D eigenvalue weighted by molar-refractivity contribution is 6.30. The molecule has 0 saturated heterocycles. The summed E-state index contributed by atoms with van der Waals surface area (Å²) in [5, 5.41) is 3.63. The first-order valence-corrected chi connectivity index (χ1v) is 6.81. The van der Waals surface area contributed by atoms with Crippen molar-refractivity contribution in [2.24, 2.45) is 0 Å². The normalized spacial score (nSPS) is 15.7. The van der Waals surface area contributed by atoms with Crippen LogP contribution in [0.25, 0.3) is 0 Å². The van der Waals surface area contributed by atoms with E-state index < -0.39 is 0 Å². The van der Waals surface area contributed by atoms with E-state index in [0.717, 1.165) is 18.4 Å². The number of hydrogen-bond donors (Lipinski definition) is 1. The minimum atomic E-state index is -0.343. The number of carbonyl (C=O) groups excluding carboxylic acids is 1. The fourth-order valence-corrected chi connectivity index (χ4v) is 2.40. The largest absolute Gasteiger partial charge is 0.343 e. The van der Waals surface area contributed by atoms with Crippen LogP contribution in [0.2, 0.25) is 5.02 Å². The van der Waals surface area contributed by atoms with Crippen LogP contribution in [-0.2, 0) is 5.54 Å². The van der Waals surface area contributed by atoms with Crippen LogP contribution in [0, 0.1) is 5.82 Å². The van der Waals surface area contributed by atoms with Crippen molar-refractivity contribution in [1.29, 1.82) is 0 Å². The van der Waals surface area contributed by atoms with E-state index in [0.29, 0.717) is 10.6 Å². The fourth-order valence-electron chi connectivity index (χ4n) is 2.27. The lowest BCUT2D eigenvalue weighted by molar-refractivity contribution is 0.0931. The van der Waals surface area contributed by atoms with Gasteiger partial charge >= 0.3 is 0 Å². The summed E-state index contributed by atoms with van der Waals surface area (Å²) in [6.07, 6.45) is 1.75.